The normalized spacial score (nSPS) is 31.5. The van der Waals surface area contributed by atoms with Gasteiger partial charge in [-0.3, -0.25) is 0 Å². The lowest BCUT2D eigenvalue weighted by atomic mass is 10.4. The summed E-state index contributed by atoms with van der Waals surface area (Å²) in [5.74, 6) is 0. The molecule has 0 spiro atoms. The van der Waals surface area contributed by atoms with Crippen LogP contribution in [0.5, 0.6) is 0 Å². The smallest absolute Gasteiger partial charge is 0.140 e. The Morgan fingerprint density at radius 1 is 1.75 bits per heavy atom. The fourth-order valence-corrected chi connectivity index (χ4v) is 0.798. The number of ether oxygens (including phenoxy) is 1. The number of nitrogens with zero attached hydrogens (tertiary/aromatic N) is 2. The molecule has 1 heterocycles. The second kappa shape index (κ2) is 2.44. The zero-order valence-electron chi connectivity index (χ0n) is 5.29. The van der Waals surface area contributed by atoms with Gasteiger partial charge in [-0.25, -0.2) is 5.01 Å². The first-order chi connectivity index (χ1) is 3.83. The highest BCUT2D eigenvalue weighted by atomic mass is 16.5. The molecule has 1 aliphatic rings. The second-order valence-corrected chi connectivity index (χ2v) is 1.98. The third-order valence-corrected chi connectivity index (χ3v) is 1.30. The standard InChI is InChI=1S/C5H11N2O/c1-7-4-3-5(6-7)8-2/h5H,3-4H2,1-2H3. The minimum atomic E-state index is 0.125. The Morgan fingerprint density at radius 3 is 2.75 bits per heavy atom. The molecule has 0 aliphatic carbocycles. The predicted octanol–water partition coefficient (Wildman–Crippen LogP) is -0.186. The van der Waals surface area contributed by atoms with Crippen LogP contribution in [0.25, 0.3) is 0 Å². The lowest BCUT2D eigenvalue weighted by Crippen LogP contribution is -2.25. The first-order valence-corrected chi connectivity index (χ1v) is 2.77. The van der Waals surface area contributed by atoms with Gasteiger partial charge in [0.25, 0.3) is 0 Å². The highest BCUT2D eigenvalue weighted by Crippen LogP contribution is 2.04. The van der Waals surface area contributed by atoms with Crippen molar-refractivity contribution in [3.8, 4) is 0 Å². The summed E-state index contributed by atoms with van der Waals surface area (Å²) in [7, 11) is 3.65. The van der Waals surface area contributed by atoms with Crippen LogP contribution in [0, 0.1) is 0 Å². The van der Waals surface area contributed by atoms with Gasteiger partial charge >= 0.3 is 0 Å². The number of rotatable bonds is 1. The number of hydrogen-bond acceptors (Lipinski definition) is 2. The van der Waals surface area contributed by atoms with Crippen LogP contribution in [-0.2, 0) is 4.74 Å². The van der Waals surface area contributed by atoms with Gasteiger partial charge in [-0.15, -0.1) is 5.43 Å². The van der Waals surface area contributed by atoms with E-state index in [1.54, 1.807) is 7.11 Å². The molecular formula is C5H11N2O. The largest absolute Gasteiger partial charge is 0.364 e. The number of methoxy groups -OCH3 is 1. The monoisotopic (exact) mass is 115 g/mol. The van der Waals surface area contributed by atoms with Crippen LogP contribution in [0.15, 0.2) is 0 Å². The lowest BCUT2D eigenvalue weighted by Gasteiger charge is -2.06. The van der Waals surface area contributed by atoms with Gasteiger partial charge in [0.05, 0.1) is 0 Å². The van der Waals surface area contributed by atoms with Crippen molar-refractivity contribution < 1.29 is 4.74 Å². The van der Waals surface area contributed by atoms with Crippen molar-refractivity contribution in [2.24, 2.45) is 0 Å². The highest BCUT2D eigenvalue weighted by Gasteiger charge is 2.18. The molecule has 0 N–H and O–H groups in total. The Balaban J connectivity index is 2.22. The van der Waals surface area contributed by atoms with Gasteiger partial charge in [0, 0.05) is 27.1 Å². The van der Waals surface area contributed by atoms with Crippen LogP contribution in [0.3, 0.4) is 0 Å². The first kappa shape index (κ1) is 6.01. The van der Waals surface area contributed by atoms with Crippen molar-refractivity contribution in [3.63, 3.8) is 0 Å². The van der Waals surface area contributed by atoms with Crippen molar-refractivity contribution >= 4 is 0 Å². The van der Waals surface area contributed by atoms with E-state index >= 15 is 0 Å². The maximum absolute atomic E-state index is 4.97. The molecule has 1 aliphatic heterocycles. The molecule has 0 bridgehead atoms. The Labute approximate surface area is 49.6 Å². The molecule has 1 unspecified atom stereocenters. The molecule has 0 aromatic rings. The zero-order chi connectivity index (χ0) is 5.98. The molecule has 1 saturated heterocycles. The summed E-state index contributed by atoms with van der Waals surface area (Å²) >= 11 is 0. The molecule has 1 atom stereocenters. The van der Waals surface area contributed by atoms with E-state index in [0.717, 1.165) is 13.0 Å². The van der Waals surface area contributed by atoms with Crippen molar-refractivity contribution in [3.05, 3.63) is 0 Å². The summed E-state index contributed by atoms with van der Waals surface area (Å²) in [6.45, 7) is 1.03. The minimum Gasteiger partial charge on any atom is -0.364 e. The molecule has 0 aromatic heterocycles. The summed E-state index contributed by atoms with van der Waals surface area (Å²) in [4.78, 5) is 0. The van der Waals surface area contributed by atoms with Gasteiger partial charge in [0.1, 0.15) is 6.23 Å². The van der Waals surface area contributed by atoms with Gasteiger partial charge in [0.15, 0.2) is 0 Å². The molecule has 0 amide bonds. The molecule has 0 aromatic carbocycles. The Kier molecular flexibility index (Phi) is 1.83. The predicted molar refractivity (Wildman–Crippen MR) is 30.2 cm³/mol. The van der Waals surface area contributed by atoms with Crippen molar-refractivity contribution in [2.75, 3.05) is 20.7 Å². The van der Waals surface area contributed by atoms with E-state index in [9.17, 15) is 0 Å². The van der Waals surface area contributed by atoms with Crippen LogP contribution in [0.1, 0.15) is 6.42 Å². The molecule has 3 nitrogen and oxygen atoms in total. The Hall–Kier alpha value is -0.120. The topological polar surface area (TPSA) is 26.6 Å². The average Bonchev–Trinajstić information content (AvgIpc) is 2.14. The molecule has 47 valence electrons. The molecule has 3 heteroatoms. The Morgan fingerprint density at radius 2 is 2.50 bits per heavy atom. The zero-order valence-corrected chi connectivity index (χ0v) is 5.29. The third kappa shape index (κ3) is 1.18. The molecule has 0 saturated carbocycles. The lowest BCUT2D eigenvalue weighted by molar-refractivity contribution is 0.0584. The van der Waals surface area contributed by atoms with Crippen LogP contribution in [0.2, 0.25) is 0 Å². The number of hydrogen-bond donors (Lipinski definition) is 0. The van der Waals surface area contributed by atoms with Gasteiger partial charge in [0.2, 0.25) is 0 Å². The molecule has 1 rings (SSSR count). The fraction of sp³-hybridized carbons (Fsp3) is 1.00. The van der Waals surface area contributed by atoms with Gasteiger partial charge in [-0.1, -0.05) is 0 Å². The minimum absolute atomic E-state index is 0.125. The van der Waals surface area contributed by atoms with E-state index in [-0.39, 0.29) is 6.23 Å². The van der Waals surface area contributed by atoms with E-state index in [0.29, 0.717) is 0 Å². The molecular weight excluding hydrogens is 104 g/mol. The summed E-state index contributed by atoms with van der Waals surface area (Å²) in [5, 5.41) is 1.91. The summed E-state index contributed by atoms with van der Waals surface area (Å²) in [6, 6.07) is 0. The van der Waals surface area contributed by atoms with E-state index in [2.05, 4.69) is 5.43 Å². The van der Waals surface area contributed by atoms with Gasteiger partial charge in [-0.05, 0) is 0 Å². The van der Waals surface area contributed by atoms with Crippen molar-refractivity contribution in [1.82, 2.24) is 10.4 Å². The first-order valence-electron chi connectivity index (χ1n) is 2.77. The van der Waals surface area contributed by atoms with Crippen LogP contribution < -0.4 is 5.43 Å². The average molecular weight is 115 g/mol. The quantitative estimate of drug-likeness (QED) is 0.473. The maximum atomic E-state index is 4.97. The van der Waals surface area contributed by atoms with Gasteiger partial charge < -0.3 is 4.74 Å². The highest BCUT2D eigenvalue weighted by molar-refractivity contribution is 4.61. The maximum Gasteiger partial charge on any atom is 0.140 e. The van der Waals surface area contributed by atoms with Gasteiger partial charge in [-0.2, -0.15) is 0 Å². The molecule has 1 fully saturated rings. The fourth-order valence-electron chi connectivity index (χ4n) is 0.798. The van der Waals surface area contributed by atoms with Crippen LogP contribution in [0.4, 0.5) is 0 Å². The van der Waals surface area contributed by atoms with E-state index < -0.39 is 0 Å². The van der Waals surface area contributed by atoms with E-state index in [1.807, 2.05) is 12.1 Å². The Bertz CT molecular complexity index is 76.8. The van der Waals surface area contributed by atoms with Crippen molar-refractivity contribution in [2.45, 2.75) is 12.6 Å². The molecule has 1 radical (unpaired) electrons. The van der Waals surface area contributed by atoms with E-state index in [1.165, 1.54) is 0 Å². The van der Waals surface area contributed by atoms with E-state index in [4.69, 9.17) is 4.74 Å². The summed E-state index contributed by atoms with van der Waals surface area (Å²) < 4.78 is 4.97. The second-order valence-electron chi connectivity index (χ2n) is 1.98. The van der Waals surface area contributed by atoms with Crippen LogP contribution in [-0.4, -0.2) is 31.9 Å². The third-order valence-electron chi connectivity index (χ3n) is 1.30. The van der Waals surface area contributed by atoms with Crippen LogP contribution >= 0.6 is 0 Å². The summed E-state index contributed by atoms with van der Waals surface area (Å²) in [6.07, 6.45) is 1.16. The molecule has 8 heavy (non-hydrogen) atoms. The summed E-state index contributed by atoms with van der Waals surface area (Å²) in [5.41, 5.74) is 4.12. The van der Waals surface area contributed by atoms with Crippen molar-refractivity contribution in [1.29, 1.82) is 0 Å². The SMILES string of the molecule is COC1CCN(C)[N]1.